The van der Waals surface area contributed by atoms with Gasteiger partial charge in [0.15, 0.2) is 0 Å². The van der Waals surface area contributed by atoms with Crippen molar-refractivity contribution in [1.82, 2.24) is 20.0 Å². The monoisotopic (exact) mass is 284 g/mol. The highest BCUT2D eigenvalue weighted by Gasteiger charge is 2.19. The van der Waals surface area contributed by atoms with Gasteiger partial charge in [-0.2, -0.15) is 15.4 Å². The fourth-order valence-electron chi connectivity index (χ4n) is 2.15. The summed E-state index contributed by atoms with van der Waals surface area (Å²) >= 11 is 5.30. The van der Waals surface area contributed by atoms with Crippen molar-refractivity contribution in [3.8, 4) is 5.75 Å². The predicted molar refractivity (Wildman–Crippen MR) is 77.0 cm³/mol. The molecule has 6 heteroatoms. The number of aromatic hydroxyl groups is 1. The van der Waals surface area contributed by atoms with Crippen molar-refractivity contribution in [2.24, 2.45) is 0 Å². The topological polar surface area (TPSA) is 66.7 Å². The summed E-state index contributed by atoms with van der Waals surface area (Å²) in [6, 6.07) is 12.9. The Morgan fingerprint density at radius 2 is 1.95 bits per heavy atom. The number of aromatic amines is 1. The molecule has 5 nitrogen and oxygen atoms in total. The first kappa shape index (κ1) is 12.6. The third-order valence-electron chi connectivity index (χ3n) is 3.06. The zero-order chi connectivity index (χ0) is 13.9. The highest BCUT2D eigenvalue weighted by atomic mass is 32.1. The van der Waals surface area contributed by atoms with E-state index in [0.717, 1.165) is 11.3 Å². The summed E-state index contributed by atoms with van der Waals surface area (Å²) in [6.07, 6.45) is 3.48. The molecule has 2 aromatic heterocycles. The van der Waals surface area contributed by atoms with Crippen molar-refractivity contribution in [3.63, 3.8) is 0 Å². The molecule has 0 saturated heterocycles. The Morgan fingerprint density at radius 3 is 2.65 bits per heavy atom. The van der Waals surface area contributed by atoms with E-state index in [1.807, 2.05) is 36.5 Å². The molecule has 0 aliphatic heterocycles. The average molecular weight is 284 g/mol. The second-order valence-electron chi connectivity index (χ2n) is 4.31. The van der Waals surface area contributed by atoms with E-state index >= 15 is 0 Å². The molecule has 0 amide bonds. The summed E-state index contributed by atoms with van der Waals surface area (Å²) in [6.45, 7) is 0. The lowest BCUT2D eigenvalue weighted by Crippen LogP contribution is -2.13. The Bertz CT molecular complexity index is 752. The first-order chi connectivity index (χ1) is 9.77. The zero-order valence-electron chi connectivity index (χ0n) is 10.5. The van der Waals surface area contributed by atoms with Crippen LogP contribution in [0.25, 0.3) is 0 Å². The molecule has 1 atom stereocenters. The minimum absolute atomic E-state index is 0.0759. The van der Waals surface area contributed by atoms with E-state index < -0.39 is 0 Å². The van der Waals surface area contributed by atoms with Crippen LogP contribution < -0.4 is 0 Å². The quantitative estimate of drug-likeness (QED) is 0.726. The van der Waals surface area contributed by atoms with Gasteiger partial charge in [0, 0.05) is 6.20 Å². The zero-order valence-corrected chi connectivity index (χ0v) is 11.3. The fraction of sp³-hybridized carbons (Fsp3) is 0.0714. The molecule has 3 rings (SSSR count). The number of nitrogens with zero attached hydrogens (tertiary/aromatic N) is 3. The Morgan fingerprint density at radius 1 is 1.15 bits per heavy atom. The summed E-state index contributed by atoms with van der Waals surface area (Å²) in [7, 11) is 0. The lowest BCUT2D eigenvalue weighted by atomic mass is 10.0. The third kappa shape index (κ3) is 2.21. The number of hydrogen-bond donors (Lipinski definition) is 2. The van der Waals surface area contributed by atoms with E-state index in [-0.39, 0.29) is 11.8 Å². The number of H-pyrrole nitrogens is 1. The Labute approximate surface area is 120 Å². The van der Waals surface area contributed by atoms with Crippen molar-refractivity contribution >= 4 is 12.2 Å². The van der Waals surface area contributed by atoms with Gasteiger partial charge in [0.25, 0.3) is 0 Å². The fourth-order valence-corrected chi connectivity index (χ4v) is 2.39. The molecular formula is C14H12N4OS. The lowest BCUT2D eigenvalue weighted by Gasteiger charge is -2.19. The van der Waals surface area contributed by atoms with Crippen LogP contribution in [0.3, 0.4) is 0 Å². The minimum atomic E-state index is -0.227. The van der Waals surface area contributed by atoms with Crippen LogP contribution in [-0.4, -0.2) is 25.1 Å². The van der Waals surface area contributed by atoms with Crippen molar-refractivity contribution in [1.29, 1.82) is 0 Å². The first-order valence-electron chi connectivity index (χ1n) is 6.08. The molecule has 0 radical (unpaired) electrons. The van der Waals surface area contributed by atoms with E-state index in [1.54, 1.807) is 22.9 Å². The largest absolute Gasteiger partial charge is 0.505 e. The molecule has 0 bridgehead atoms. The van der Waals surface area contributed by atoms with Gasteiger partial charge in [0.05, 0.1) is 6.20 Å². The third-order valence-corrected chi connectivity index (χ3v) is 3.48. The molecule has 0 spiro atoms. The maximum atomic E-state index is 9.82. The van der Waals surface area contributed by atoms with Gasteiger partial charge in [-0.3, -0.25) is 0 Å². The number of hydrogen-bond acceptors (Lipinski definition) is 4. The van der Waals surface area contributed by atoms with E-state index in [0.29, 0.717) is 4.64 Å². The number of aromatic nitrogens is 4. The summed E-state index contributed by atoms with van der Waals surface area (Å²) in [5, 5.41) is 20.5. The van der Waals surface area contributed by atoms with Crippen molar-refractivity contribution in [2.75, 3.05) is 0 Å². The summed E-state index contributed by atoms with van der Waals surface area (Å²) in [5.41, 5.74) is 1.75. The lowest BCUT2D eigenvalue weighted by molar-refractivity contribution is 0.460. The highest BCUT2D eigenvalue weighted by Crippen LogP contribution is 2.26. The van der Waals surface area contributed by atoms with Crippen molar-refractivity contribution in [3.05, 3.63) is 70.8 Å². The average Bonchev–Trinajstić information content (AvgIpc) is 2.99. The molecule has 20 heavy (non-hydrogen) atoms. The molecule has 0 aliphatic rings. The van der Waals surface area contributed by atoms with Crippen LogP contribution >= 0.6 is 12.2 Å². The second-order valence-corrected chi connectivity index (χ2v) is 4.70. The Balaban J connectivity index is 2.21. The van der Waals surface area contributed by atoms with Crippen molar-refractivity contribution < 1.29 is 5.11 Å². The smallest absolute Gasteiger partial charge is 0.150 e. The maximum absolute atomic E-state index is 9.82. The molecular weight excluding hydrogens is 272 g/mol. The van der Waals surface area contributed by atoms with Gasteiger partial charge in [-0.15, -0.1) is 0 Å². The molecule has 1 unspecified atom stereocenters. The van der Waals surface area contributed by atoms with Gasteiger partial charge < -0.3 is 9.67 Å². The van der Waals surface area contributed by atoms with Crippen LogP contribution in [0.1, 0.15) is 17.3 Å². The summed E-state index contributed by atoms with van der Waals surface area (Å²) in [5.74, 6) is 0.0759. The number of pyridine rings is 1. The normalized spacial score (nSPS) is 12.2. The van der Waals surface area contributed by atoms with Crippen LogP contribution in [0.2, 0.25) is 0 Å². The molecule has 2 N–H and O–H groups in total. The second kappa shape index (κ2) is 5.26. The standard InChI is InChI=1S/C14H12N4OS/c19-12-7-4-8-18(14(12)20)13(11-9-15-17-16-11)10-5-2-1-3-6-10/h1-9,13,19H,(H,15,16,17). The highest BCUT2D eigenvalue weighted by molar-refractivity contribution is 7.71. The van der Waals surface area contributed by atoms with Gasteiger partial charge in [0.2, 0.25) is 0 Å². The van der Waals surface area contributed by atoms with Gasteiger partial charge in [0.1, 0.15) is 22.1 Å². The Hall–Kier alpha value is -2.47. The summed E-state index contributed by atoms with van der Waals surface area (Å²) in [4.78, 5) is 0. The van der Waals surface area contributed by atoms with Gasteiger partial charge in [-0.05, 0) is 17.7 Å². The van der Waals surface area contributed by atoms with Crippen LogP contribution in [0.5, 0.6) is 5.75 Å². The van der Waals surface area contributed by atoms with Gasteiger partial charge in [-0.25, -0.2) is 0 Å². The molecule has 0 saturated carbocycles. The summed E-state index contributed by atoms with van der Waals surface area (Å²) < 4.78 is 2.17. The maximum Gasteiger partial charge on any atom is 0.150 e. The predicted octanol–water partition coefficient (Wildman–Crippen LogP) is 2.68. The first-order valence-corrected chi connectivity index (χ1v) is 6.49. The molecule has 100 valence electrons. The number of benzene rings is 1. The molecule has 1 aromatic carbocycles. The molecule has 2 heterocycles. The molecule has 0 fully saturated rings. The van der Waals surface area contributed by atoms with Crippen LogP contribution in [0.4, 0.5) is 0 Å². The Kier molecular flexibility index (Phi) is 3.30. The van der Waals surface area contributed by atoms with E-state index in [9.17, 15) is 5.11 Å². The van der Waals surface area contributed by atoms with Crippen molar-refractivity contribution in [2.45, 2.75) is 6.04 Å². The number of rotatable bonds is 3. The van der Waals surface area contributed by atoms with Gasteiger partial charge in [-0.1, -0.05) is 42.5 Å². The van der Waals surface area contributed by atoms with E-state index in [4.69, 9.17) is 12.2 Å². The van der Waals surface area contributed by atoms with Crippen LogP contribution in [-0.2, 0) is 0 Å². The van der Waals surface area contributed by atoms with E-state index in [1.165, 1.54) is 0 Å². The molecule has 0 aliphatic carbocycles. The minimum Gasteiger partial charge on any atom is -0.505 e. The van der Waals surface area contributed by atoms with Crippen LogP contribution in [0, 0.1) is 4.64 Å². The van der Waals surface area contributed by atoms with Gasteiger partial charge >= 0.3 is 0 Å². The molecule has 3 aromatic rings. The number of nitrogens with one attached hydrogen (secondary N) is 1. The van der Waals surface area contributed by atoms with Crippen LogP contribution in [0.15, 0.2) is 54.9 Å². The van der Waals surface area contributed by atoms with E-state index in [2.05, 4.69) is 15.4 Å². The SMILES string of the molecule is Oc1cccn(C(c2ccccc2)c2cn[nH]n2)c1=S.